The van der Waals surface area contributed by atoms with Crippen molar-refractivity contribution in [2.45, 2.75) is 6.42 Å². The Labute approximate surface area is 126 Å². The number of nitrogens with zero attached hydrogens (tertiary/aromatic N) is 1. The summed E-state index contributed by atoms with van der Waals surface area (Å²) in [6, 6.07) is 12.2. The normalized spacial score (nSPS) is 9.77. The van der Waals surface area contributed by atoms with Crippen LogP contribution in [-0.4, -0.2) is 22.1 Å². The first-order valence-corrected chi connectivity index (χ1v) is 6.35. The lowest BCUT2D eigenvalue weighted by molar-refractivity contribution is -0.136. The second-order valence-corrected chi connectivity index (χ2v) is 4.57. The van der Waals surface area contributed by atoms with Crippen molar-refractivity contribution in [2.75, 3.05) is 5.32 Å². The van der Waals surface area contributed by atoms with E-state index in [4.69, 9.17) is 10.4 Å². The number of phenolic OH excluding ortho intramolecular Hbond substituents is 1. The molecule has 0 heterocycles. The number of amides is 1. The fraction of sp³-hybridized carbons (Fsp3) is 0.0625. The van der Waals surface area contributed by atoms with Gasteiger partial charge in [-0.15, -0.1) is 0 Å². The van der Waals surface area contributed by atoms with Crippen molar-refractivity contribution in [2.24, 2.45) is 0 Å². The highest BCUT2D eigenvalue weighted by Gasteiger charge is 2.11. The lowest BCUT2D eigenvalue weighted by Gasteiger charge is -2.09. The quantitative estimate of drug-likeness (QED) is 0.749. The smallest absolute Gasteiger partial charge is 0.307 e. The summed E-state index contributed by atoms with van der Waals surface area (Å²) in [5.41, 5.74) is 1.18. The number of aromatic hydroxyl groups is 1. The summed E-state index contributed by atoms with van der Waals surface area (Å²) in [5, 5.41) is 29.8. The van der Waals surface area contributed by atoms with E-state index in [1.165, 1.54) is 30.3 Å². The highest BCUT2D eigenvalue weighted by Crippen LogP contribution is 2.25. The SMILES string of the molecule is N#Cc1cccc(C(=O)Nc2cc(CC(=O)O)ccc2O)c1. The Morgan fingerprint density at radius 1 is 1.18 bits per heavy atom. The summed E-state index contributed by atoms with van der Waals surface area (Å²) < 4.78 is 0. The molecule has 0 aliphatic carbocycles. The number of carboxylic acid groups (broad SMARTS) is 1. The third kappa shape index (κ3) is 3.61. The summed E-state index contributed by atoms with van der Waals surface area (Å²) >= 11 is 0. The molecule has 0 spiro atoms. The summed E-state index contributed by atoms with van der Waals surface area (Å²) in [5.74, 6) is -1.68. The van der Waals surface area contributed by atoms with Gasteiger partial charge in [0.1, 0.15) is 5.75 Å². The standard InChI is InChI=1S/C16H12N2O4/c17-9-11-2-1-3-12(6-11)16(22)18-13-7-10(8-15(20)21)4-5-14(13)19/h1-7,19H,8H2,(H,18,22)(H,20,21). The van der Waals surface area contributed by atoms with Crippen LogP contribution in [0.1, 0.15) is 21.5 Å². The molecule has 0 aliphatic heterocycles. The van der Waals surface area contributed by atoms with Gasteiger partial charge in [0.05, 0.1) is 23.7 Å². The number of phenols is 1. The molecule has 3 N–H and O–H groups in total. The molecule has 0 aromatic heterocycles. The van der Waals surface area contributed by atoms with Gasteiger partial charge in [-0.2, -0.15) is 5.26 Å². The van der Waals surface area contributed by atoms with Gasteiger partial charge in [-0.25, -0.2) is 0 Å². The lowest BCUT2D eigenvalue weighted by Crippen LogP contribution is -2.12. The van der Waals surface area contributed by atoms with Crippen LogP contribution in [0.15, 0.2) is 42.5 Å². The molecule has 1 amide bonds. The summed E-state index contributed by atoms with van der Waals surface area (Å²) in [7, 11) is 0. The molecule has 2 aromatic carbocycles. The number of carbonyl (C=O) groups excluding carboxylic acids is 1. The Balaban J connectivity index is 2.24. The minimum absolute atomic E-state index is 0.117. The number of carbonyl (C=O) groups is 2. The second-order valence-electron chi connectivity index (χ2n) is 4.57. The molecular formula is C16H12N2O4. The van der Waals surface area contributed by atoms with E-state index in [1.54, 1.807) is 12.1 Å². The predicted molar refractivity (Wildman–Crippen MR) is 78.6 cm³/mol. The molecule has 2 rings (SSSR count). The first-order chi connectivity index (χ1) is 10.5. The van der Waals surface area contributed by atoms with Crippen LogP contribution < -0.4 is 5.32 Å². The number of carboxylic acids is 1. The maximum atomic E-state index is 12.1. The third-order valence-electron chi connectivity index (χ3n) is 2.92. The van der Waals surface area contributed by atoms with Crippen molar-refractivity contribution in [3.8, 4) is 11.8 Å². The van der Waals surface area contributed by atoms with Crippen LogP contribution in [0.25, 0.3) is 0 Å². The highest BCUT2D eigenvalue weighted by molar-refractivity contribution is 6.05. The first kappa shape index (κ1) is 15.1. The Morgan fingerprint density at radius 2 is 1.95 bits per heavy atom. The average molecular weight is 296 g/mol. The van der Waals surface area contributed by atoms with Gasteiger partial charge in [0.2, 0.25) is 0 Å². The molecule has 0 saturated carbocycles. The van der Waals surface area contributed by atoms with E-state index in [9.17, 15) is 14.7 Å². The van der Waals surface area contributed by atoms with Gasteiger partial charge in [0, 0.05) is 5.56 Å². The molecule has 0 saturated heterocycles. The number of anilines is 1. The lowest BCUT2D eigenvalue weighted by atomic mass is 10.1. The zero-order chi connectivity index (χ0) is 16.1. The Kier molecular flexibility index (Phi) is 4.39. The minimum Gasteiger partial charge on any atom is -0.506 e. The van der Waals surface area contributed by atoms with E-state index in [0.717, 1.165) is 0 Å². The van der Waals surface area contributed by atoms with Crippen molar-refractivity contribution in [1.82, 2.24) is 0 Å². The molecule has 0 bridgehead atoms. The van der Waals surface area contributed by atoms with E-state index >= 15 is 0 Å². The molecular weight excluding hydrogens is 284 g/mol. The molecule has 6 heteroatoms. The zero-order valence-corrected chi connectivity index (χ0v) is 11.4. The van der Waals surface area contributed by atoms with Gasteiger partial charge in [-0.05, 0) is 35.9 Å². The van der Waals surface area contributed by atoms with Gasteiger partial charge < -0.3 is 15.5 Å². The molecule has 2 aromatic rings. The number of rotatable bonds is 4. The fourth-order valence-electron chi connectivity index (χ4n) is 1.89. The van der Waals surface area contributed by atoms with Gasteiger partial charge in [0.25, 0.3) is 5.91 Å². The number of nitriles is 1. The van der Waals surface area contributed by atoms with Crippen molar-refractivity contribution in [3.05, 3.63) is 59.2 Å². The van der Waals surface area contributed by atoms with Crippen molar-refractivity contribution in [1.29, 1.82) is 5.26 Å². The zero-order valence-electron chi connectivity index (χ0n) is 11.4. The van der Waals surface area contributed by atoms with Crippen molar-refractivity contribution in [3.63, 3.8) is 0 Å². The average Bonchev–Trinajstić information content (AvgIpc) is 2.50. The van der Waals surface area contributed by atoms with E-state index in [1.807, 2.05) is 6.07 Å². The van der Waals surface area contributed by atoms with Crippen LogP contribution in [0.4, 0.5) is 5.69 Å². The van der Waals surface area contributed by atoms with Gasteiger partial charge in [0.15, 0.2) is 0 Å². The molecule has 0 fully saturated rings. The van der Waals surface area contributed by atoms with E-state index in [2.05, 4.69) is 5.32 Å². The van der Waals surface area contributed by atoms with E-state index in [-0.39, 0.29) is 23.4 Å². The van der Waals surface area contributed by atoms with Crippen LogP contribution >= 0.6 is 0 Å². The molecule has 0 radical (unpaired) electrons. The molecule has 6 nitrogen and oxygen atoms in total. The summed E-state index contributed by atoms with van der Waals surface area (Å²) in [6.45, 7) is 0. The minimum atomic E-state index is -1.01. The molecule has 0 atom stereocenters. The van der Waals surface area contributed by atoms with E-state index in [0.29, 0.717) is 11.1 Å². The monoisotopic (exact) mass is 296 g/mol. The highest BCUT2D eigenvalue weighted by atomic mass is 16.4. The van der Waals surface area contributed by atoms with E-state index < -0.39 is 11.9 Å². The van der Waals surface area contributed by atoms with Gasteiger partial charge >= 0.3 is 5.97 Å². The number of benzene rings is 2. The van der Waals surface area contributed by atoms with Crippen molar-refractivity contribution < 1.29 is 19.8 Å². The number of hydrogen-bond acceptors (Lipinski definition) is 4. The third-order valence-corrected chi connectivity index (χ3v) is 2.92. The fourth-order valence-corrected chi connectivity index (χ4v) is 1.89. The Hall–Kier alpha value is -3.33. The van der Waals surface area contributed by atoms with Crippen LogP contribution in [0, 0.1) is 11.3 Å². The molecule has 0 unspecified atom stereocenters. The number of nitrogens with one attached hydrogen (secondary N) is 1. The molecule has 110 valence electrons. The second kappa shape index (κ2) is 6.41. The van der Waals surface area contributed by atoms with Crippen LogP contribution in [0.3, 0.4) is 0 Å². The molecule has 22 heavy (non-hydrogen) atoms. The predicted octanol–water partition coefficient (Wildman–Crippen LogP) is 2.14. The topological polar surface area (TPSA) is 110 Å². The largest absolute Gasteiger partial charge is 0.506 e. The van der Waals surface area contributed by atoms with Crippen molar-refractivity contribution >= 4 is 17.6 Å². The maximum Gasteiger partial charge on any atom is 0.307 e. The first-order valence-electron chi connectivity index (χ1n) is 6.35. The van der Waals surface area contributed by atoms with Crippen LogP contribution in [-0.2, 0) is 11.2 Å². The Bertz CT molecular complexity index is 778. The summed E-state index contributed by atoms with van der Waals surface area (Å²) in [6.07, 6.45) is -0.215. The van der Waals surface area contributed by atoms with Gasteiger partial charge in [-0.3, -0.25) is 9.59 Å². The number of aliphatic carboxylic acids is 1. The van der Waals surface area contributed by atoms with Crippen LogP contribution in [0.2, 0.25) is 0 Å². The maximum absolute atomic E-state index is 12.1. The van der Waals surface area contributed by atoms with Gasteiger partial charge in [-0.1, -0.05) is 12.1 Å². The molecule has 0 aliphatic rings. The number of hydrogen-bond donors (Lipinski definition) is 3. The van der Waals surface area contributed by atoms with Crippen LogP contribution in [0.5, 0.6) is 5.75 Å². The summed E-state index contributed by atoms with van der Waals surface area (Å²) in [4.78, 5) is 22.8. The Morgan fingerprint density at radius 3 is 2.64 bits per heavy atom.